The quantitative estimate of drug-likeness (QED) is 0.843. The molecule has 3 nitrogen and oxygen atoms in total. The maximum absolute atomic E-state index is 5.93. The van der Waals surface area contributed by atoms with Crippen LogP contribution in [0.15, 0.2) is 48.5 Å². The van der Waals surface area contributed by atoms with Crippen molar-refractivity contribution in [1.29, 1.82) is 0 Å². The Morgan fingerprint density at radius 2 is 1.84 bits per heavy atom. The number of halogens is 1. The number of piperidine rings is 3. The summed E-state index contributed by atoms with van der Waals surface area (Å²) >= 11 is 5.92. The van der Waals surface area contributed by atoms with Crippen LogP contribution in [0.25, 0.3) is 0 Å². The van der Waals surface area contributed by atoms with E-state index < -0.39 is 0 Å². The molecule has 0 aliphatic carbocycles. The second-order valence-electron chi connectivity index (χ2n) is 7.19. The molecule has 2 aromatic carbocycles. The van der Waals surface area contributed by atoms with E-state index in [0.29, 0.717) is 12.6 Å². The summed E-state index contributed by atoms with van der Waals surface area (Å²) in [4.78, 5) is 2.59. The number of benzene rings is 2. The third-order valence-corrected chi connectivity index (χ3v) is 5.69. The van der Waals surface area contributed by atoms with Crippen LogP contribution in [0.3, 0.4) is 0 Å². The van der Waals surface area contributed by atoms with Gasteiger partial charge in [0, 0.05) is 24.2 Å². The van der Waals surface area contributed by atoms with Crippen LogP contribution in [0.2, 0.25) is 5.02 Å². The van der Waals surface area contributed by atoms with Crippen molar-refractivity contribution in [1.82, 2.24) is 10.2 Å². The van der Waals surface area contributed by atoms with Gasteiger partial charge in [-0.2, -0.15) is 0 Å². The molecule has 2 bridgehead atoms. The highest BCUT2D eigenvalue weighted by Gasteiger charge is 2.33. The van der Waals surface area contributed by atoms with E-state index >= 15 is 0 Å². The van der Waals surface area contributed by atoms with Crippen LogP contribution < -0.4 is 10.1 Å². The van der Waals surface area contributed by atoms with Gasteiger partial charge in [0.15, 0.2) is 0 Å². The molecule has 1 atom stereocenters. The minimum absolute atomic E-state index is 0.563. The van der Waals surface area contributed by atoms with E-state index in [0.717, 1.165) is 28.8 Å². The van der Waals surface area contributed by atoms with Crippen LogP contribution in [0.5, 0.6) is 5.75 Å². The number of rotatable bonds is 6. The number of nitrogens with zero attached hydrogens (tertiary/aromatic N) is 1. The molecule has 5 rings (SSSR count). The molecule has 3 aliphatic heterocycles. The van der Waals surface area contributed by atoms with E-state index in [1.165, 1.54) is 38.0 Å². The third kappa shape index (κ3) is 4.35. The van der Waals surface area contributed by atoms with Crippen molar-refractivity contribution in [3.63, 3.8) is 0 Å². The average Bonchev–Trinajstić information content (AvgIpc) is 2.67. The summed E-state index contributed by atoms with van der Waals surface area (Å²) in [6.07, 6.45) is 2.70. The Hall–Kier alpha value is -1.55. The summed E-state index contributed by atoms with van der Waals surface area (Å²) in [5.41, 5.74) is 2.41. The van der Waals surface area contributed by atoms with E-state index in [2.05, 4.69) is 28.4 Å². The van der Waals surface area contributed by atoms with E-state index in [-0.39, 0.29) is 0 Å². The van der Waals surface area contributed by atoms with Crippen molar-refractivity contribution < 1.29 is 4.74 Å². The zero-order valence-electron chi connectivity index (χ0n) is 14.5. The number of fused-ring (bicyclic) bond motifs is 3. The van der Waals surface area contributed by atoms with E-state index in [9.17, 15) is 0 Å². The van der Waals surface area contributed by atoms with Crippen molar-refractivity contribution in [3.05, 3.63) is 64.7 Å². The highest BCUT2D eigenvalue weighted by molar-refractivity contribution is 6.30. The Morgan fingerprint density at radius 1 is 1.04 bits per heavy atom. The first kappa shape index (κ1) is 16.9. The van der Waals surface area contributed by atoms with Crippen LogP contribution in [-0.4, -0.2) is 30.6 Å². The monoisotopic (exact) mass is 356 g/mol. The van der Waals surface area contributed by atoms with Crippen LogP contribution in [0, 0.1) is 5.92 Å². The van der Waals surface area contributed by atoms with Crippen molar-refractivity contribution >= 4 is 11.6 Å². The molecule has 0 spiro atoms. The Morgan fingerprint density at radius 3 is 2.56 bits per heavy atom. The SMILES string of the molecule is Clc1ccc(COc2cccc(CNC3CN4CCC3CC4)c2)cc1. The van der Waals surface area contributed by atoms with Gasteiger partial charge in [0.25, 0.3) is 0 Å². The zero-order chi connectivity index (χ0) is 17.1. The molecule has 3 aliphatic rings. The fourth-order valence-corrected chi connectivity index (χ4v) is 4.06. The Bertz CT molecular complexity index is 695. The molecule has 0 radical (unpaired) electrons. The number of nitrogens with one attached hydrogen (secondary N) is 1. The van der Waals surface area contributed by atoms with E-state index in [1.54, 1.807) is 0 Å². The summed E-state index contributed by atoms with van der Waals surface area (Å²) in [6.45, 7) is 5.26. The highest BCUT2D eigenvalue weighted by atomic mass is 35.5. The predicted molar refractivity (Wildman–Crippen MR) is 102 cm³/mol. The molecular weight excluding hydrogens is 332 g/mol. The molecular formula is C21H25ClN2O. The van der Waals surface area contributed by atoms with E-state index in [1.807, 2.05) is 30.3 Å². The number of hydrogen-bond donors (Lipinski definition) is 1. The molecule has 0 amide bonds. The minimum atomic E-state index is 0.563. The average molecular weight is 357 g/mol. The first-order chi connectivity index (χ1) is 12.3. The first-order valence-electron chi connectivity index (χ1n) is 9.18. The fraction of sp³-hybridized carbons (Fsp3) is 0.429. The molecule has 0 saturated carbocycles. The van der Waals surface area contributed by atoms with Crippen molar-refractivity contribution in [2.45, 2.75) is 32.0 Å². The van der Waals surface area contributed by atoms with Crippen LogP contribution >= 0.6 is 11.6 Å². The Balaban J connectivity index is 1.31. The summed E-state index contributed by atoms with van der Waals surface area (Å²) in [5, 5.41) is 4.52. The summed E-state index contributed by atoms with van der Waals surface area (Å²) in [6, 6.07) is 16.8. The maximum Gasteiger partial charge on any atom is 0.120 e. The normalized spacial score (nSPS) is 25.1. The molecule has 3 fully saturated rings. The van der Waals surface area contributed by atoms with Gasteiger partial charge in [-0.1, -0.05) is 35.9 Å². The lowest BCUT2D eigenvalue weighted by Gasteiger charge is -2.45. The molecule has 4 heteroatoms. The van der Waals surface area contributed by atoms with Gasteiger partial charge in [0.2, 0.25) is 0 Å². The third-order valence-electron chi connectivity index (χ3n) is 5.44. The molecule has 1 N–H and O–H groups in total. The van der Waals surface area contributed by atoms with Crippen molar-refractivity contribution in [3.8, 4) is 5.75 Å². The van der Waals surface area contributed by atoms with Gasteiger partial charge in [-0.25, -0.2) is 0 Å². The lowest BCUT2D eigenvalue weighted by molar-refractivity contribution is 0.0720. The second kappa shape index (κ2) is 7.77. The second-order valence-corrected chi connectivity index (χ2v) is 7.62. The van der Waals surface area contributed by atoms with Gasteiger partial charge in [-0.05, 0) is 67.2 Å². The number of hydrogen-bond acceptors (Lipinski definition) is 3. The zero-order valence-corrected chi connectivity index (χ0v) is 15.2. The molecule has 3 heterocycles. The topological polar surface area (TPSA) is 24.5 Å². The summed E-state index contributed by atoms with van der Waals surface area (Å²) in [5.74, 6) is 1.78. The maximum atomic E-state index is 5.93. The largest absolute Gasteiger partial charge is 0.489 e. The van der Waals surface area contributed by atoms with E-state index in [4.69, 9.17) is 16.3 Å². The van der Waals surface area contributed by atoms with Crippen LogP contribution in [0.4, 0.5) is 0 Å². The van der Waals surface area contributed by atoms with Crippen LogP contribution in [0.1, 0.15) is 24.0 Å². The standard InChI is InChI=1S/C21H25ClN2O/c22-19-6-4-16(5-7-19)15-25-20-3-1-2-17(12-20)13-23-21-14-24-10-8-18(21)9-11-24/h1-7,12,18,21,23H,8-11,13-15H2. The van der Waals surface area contributed by atoms with Gasteiger partial charge in [-0.3, -0.25) is 0 Å². The molecule has 0 aromatic heterocycles. The van der Waals surface area contributed by atoms with Crippen molar-refractivity contribution in [2.75, 3.05) is 19.6 Å². The Labute approximate surface area is 154 Å². The fourth-order valence-electron chi connectivity index (χ4n) is 3.94. The van der Waals surface area contributed by atoms with Crippen molar-refractivity contribution in [2.24, 2.45) is 5.92 Å². The highest BCUT2D eigenvalue weighted by Crippen LogP contribution is 2.27. The lowest BCUT2D eigenvalue weighted by atomic mass is 9.84. The smallest absolute Gasteiger partial charge is 0.120 e. The van der Waals surface area contributed by atoms with Gasteiger partial charge in [-0.15, -0.1) is 0 Å². The van der Waals surface area contributed by atoms with Crippen LogP contribution in [-0.2, 0) is 13.2 Å². The Kier molecular flexibility index (Phi) is 5.25. The molecule has 25 heavy (non-hydrogen) atoms. The molecule has 3 saturated heterocycles. The molecule has 2 aromatic rings. The summed E-state index contributed by atoms with van der Waals surface area (Å²) in [7, 11) is 0. The summed E-state index contributed by atoms with van der Waals surface area (Å²) < 4.78 is 5.93. The predicted octanol–water partition coefficient (Wildman–Crippen LogP) is 4.10. The molecule has 132 valence electrons. The lowest BCUT2D eigenvalue weighted by Crippen LogP contribution is -2.55. The van der Waals surface area contributed by atoms with Gasteiger partial charge in [0.05, 0.1) is 0 Å². The minimum Gasteiger partial charge on any atom is -0.489 e. The van der Waals surface area contributed by atoms with Gasteiger partial charge >= 0.3 is 0 Å². The first-order valence-corrected chi connectivity index (χ1v) is 9.56. The van der Waals surface area contributed by atoms with Gasteiger partial charge < -0.3 is 15.0 Å². The number of ether oxygens (including phenoxy) is 1. The molecule has 1 unspecified atom stereocenters. The van der Waals surface area contributed by atoms with Gasteiger partial charge in [0.1, 0.15) is 12.4 Å².